The topological polar surface area (TPSA) is 99.9 Å². The van der Waals surface area contributed by atoms with Crippen LogP contribution in [0.1, 0.15) is 5.56 Å². The summed E-state index contributed by atoms with van der Waals surface area (Å²) in [4.78, 5) is 22.4. The van der Waals surface area contributed by atoms with Crippen LogP contribution in [0.15, 0.2) is 42.5 Å². The van der Waals surface area contributed by atoms with Crippen molar-refractivity contribution in [2.75, 3.05) is 19.2 Å². The van der Waals surface area contributed by atoms with Gasteiger partial charge < -0.3 is 19.5 Å². The van der Waals surface area contributed by atoms with Crippen LogP contribution >= 0.6 is 0 Å². The SMILES string of the molecule is COc1ccc([N+](=O)[O-])cc1NC(=O)C=Cc1ccc2c(c1)OCO2. The van der Waals surface area contributed by atoms with Crippen molar-refractivity contribution in [3.8, 4) is 17.2 Å². The number of nitrogens with zero attached hydrogens (tertiary/aromatic N) is 1. The van der Waals surface area contributed by atoms with Gasteiger partial charge in [-0.3, -0.25) is 14.9 Å². The number of anilines is 1. The number of fused-ring (bicyclic) bond motifs is 1. The zero-order valence-electron chi connectivity index (χ0n) is 13.2. The van der Waals surface area contributed by atoms with Crippen molar-refractivity contribution in [1.29, 1.82) is 0 Å². The second kappa shape index (κ2) is 6.91. The average molecular weight is 342 g/mol. The Hall–Kier alpha value is -3.55. The fraction of sp³-hybridized carbons (Fsp3) is 0.118. The largest absolute Gasteiger partial charge is 0.495 e. The number of carbonyl (C=O) groups is 1. The second-order valence-electron chi connectivity index (χ2n) is 5.08. The van der Waals surface area contributed by atoms with E-state index in [9.17, 15) is 14.9 Å². The molecule has 0 atom stereocenters. The van der Waals surface area contributed by atoms with Crippen molar-refractivity contribution >= 4 is 23.4 Å². The molecule has 0 aromatic heterocycles. The number of nitro benzene ring substituents is 1. The van der Waals surface area contributed by atoms with E-state index >= 15 is 0 Å². The molecule has 1 aliphatic heterocycles. The van der Waals surface area contributed by atoms with E-state index in [0.29, 0.717) is 17.2 Å². The molecule has 2 aromatic rings. The fourth-order valence-corrected chi connectivity index (χ4v) is 2.27. The summed E-state index contributed by atoms with van der Waals surface area (Å²) in [5, 5.41) is 13.4. The van der Waals surface area contributed by atoms with E-state index in [-0.39, 0.29) is 18.2 Å². The van der Waals surface area contributed by atoms with Crippen molar-refractivity contribution in [2.45, 2.75) is 0 Å². The normalized spacial score (nSPS) is 12.2. The monoisotopic (exact) mass is 342 g/mol. The van der Waals surface area contributed by atoms with Crippen LogP contribution in [0.4, 0.5) is 11.4 Å². The number of amides is 1. The Morgan fingerprint density at radius 1 is 1.24 bits per heavy atom. The molecule has 3 rings (SSSR count). The first-order valence-corrected chi connectivity index (χ1v) is 7.28. The standard InChI is InChI=1S/C17H14N2O6/c1-23-14-6-4-12(19(21)22)9-13(14)18-17(20)7-3-11-2-5-15-16(8-11)25-10-24-15/h2-9H,10H2,1H3,(H,18,20). The average Bonchev–Trinajstić information content (AvgIpc) is 3.07. The minimum Gasteiger partial charge on any atom is -0.495 e. The zero-order chi connectivity index (χ0) is 17.8. The third-order valence-electron chi connectivity index (χ3n) is 3.48. The van der Waals surface area contributed by atoms with Crippen molar-refractivity contribution in [1.82, 2.24) is 0 Å². The van der Waals surface area contributed by atoms with Gasteiger partial charge in [-0.1, -0.05) is 6.07 Å². The van der Waals surface area contributed by atoms with Gasteiger partial charge >= 0.3 is 0 Å². The van der Waals surface area contributed by atoms with Gasteiger partial charge in [-0.05, 0) is 29.8 Å². The highest BCUT2D eigenvalue weighted by molar-refractivity contribution is 6.03. The number of nitrogens with one attached hydrogen (secondary N) is 1. The molecule has 8 nitrogen and oxygen atoms in total. The number of hydrogen-bond donors (Lipinski definition) is 1. The lowest BCUT2D eigenvalue weighted by Gasteiger charge is -2.08. The van der Waals surface area contributed by atoms with Crippen LogP contribution in [-0.4, -0.2) is 24.7 Å². The van der Waals surface area contributed by atoms with Crippen LogP contribution in [-0.2, 0) is 4.79 Å². The number of nitro groups is 1. The molecule has 1 amide bonds. The summed E-state index contributed by atoms with van der Waals surface area (Å²) in [6.45, 7) is 0.176. The van der Waals surface area contributed by atoms with Gasteiger partial charge in [0.15, 0.2) is 11.5 Å². The van der Waals surface area contributed by atoms with Gasteiger partial charge in [0.05, 0.1) is 17.7 Å². The van der Waals surface area contributed by atoms with Crippen LogP contribution in [0.25, 0.3) is 6.08 Å². The Bertz CT molecular complexity index is 862. The molecule has 128 valence electrons. The highest BCUT2D eigenvalue weighted by Crippen LogP contribution is 2.33. The van der Waals surface area contributed by atoms with E-state index in [1.165, 1.54) is 31.4 Å². The van der Waals surface area contributed by atoms with Gasteiger partial charge in [0.2, 0.25) is 12.7 Å². The Balaban J connectivity index is 1.74. The molecule has 0 saturated carbocycles. The molecule has 1 N–H and O–H groups in total. The molecule has 0 spiro atoms. The summed E-state index contributed by atoms with van der Waals surface area (Å²) in [5.74, 6) is 1.15. The number of hydrogen-bond acceptors (Lipinski definition) is 6. The van der Waals surface area contributed by atoms with Crippen molar-refractivity contribution < 1.29 is 23.9 Å². The van der Waals surface area contributed by atoms with Gasteiger partial charge in [0.25, 0.3) is 5.69 Å². The van der Waals surface area contributed by atoms with Crippen molar-refractivity contribution in [3.63, 3.8) is 0 Å². The maximum atomic E-state index is 12.1. The molecule has 0 bridgehead atoms. The summed E-state index contributed by atoms with van der Waals surface area (Å²) >= 11 is 0. The minimum absolute atomic E-state index is 0.143. The Kier molecular flexibility index (Phi) is 4.51. The van der Waals surface area contributed by atoms with Gasteiger partial charge in [-0.15, -0.1) is 0 Å². The van der Waals surface area contributed by atoms with Gasteiger partial charge in [-0.25, -0.2) is 0 Å². The van der Waals surface area contributed by atoms with E-state index in [1.54, 1.807) is 24.3 Å². The van der Waals surface area contributed by atoms with Gasteiger partial charge in [0.1, 0.15) is 5.75 Å². The van der Waals surface area contributed by atoms with Crippen molar-refractivity contribution in [2.24, 2.45) is 0 Å². The molecule has 1 aliphatic rings. The van der Waals surface area contributed by atoms with Crippen LogP contribution in [0, 0.1) is 10.1 Å². The highest BCUT2D eigenvalue weighted by atomic mass is 16.7. The second-order valence-corrected chi connectivity index (χ2v) is 5.08. The molecule has 0 fully saturated rings. The van der Waals surface area contributed by atoms with E-state index in [1.807, 2.05) is 0 Å². The van der Waals surface area contributed by atoms with Crippen molar-refractivity contribution in [3.05, 3.63) is 58.2 Å². The Morgan fingerprint density at radius 3 is 2.80 bits per heavy atom. The number of non-ortho nitro benzene ring substituents is 1. The third kappa shape index (κ3) is 3.69. The Morgan fingerprint density at radius 2 is 2.04 bits per heavy atom. The van der Waals surface area contributed by atoms with Crippen LogP contribution in [0.2, 0.25) is 0 Å². The summed E-state index contributed by atoms with van der Waals surface area (Å²) in [7, 11) is 1.42. The molecule has 1 heterocycles. The molecule has 0 radical (unpaired) electrons. The summed E-state index contributed by atoms with van der Waals surface area (Å²) < 4.78 is 15.6. The number of rotatable bonds is 5. The molecular weight excluding hydrogens is 328 g/mol. The van der Waals surface area contributed by atoms with Crippen LogP contribution in [0.3, 0.4) is 0 Å². The lowest BCUT2D eigenvalue weighted by molar-refractivity contribution is -0.384. The van der Waals surface area contributed by atoms with E-state index in [0.717, 1.165) is 5.56 Å². The van der Waals surface area contributed by atoms with Gasteiger partial charge in [0, 0.05) is 18.2 Å². The quantitative estimate of drug-likeness (QED) is 0.509. The molecular formula is C17H14N2O6. The number of carbonyl (C=O) groups excluding carboxylic acids is 1. The molecule has 25 heavy (non-hydrogen) atoms. The maximum Gasteiger partial charge on any atom is 0.271 e. The zero-order valence-corrected chi connectivity index (χ0v) is 13.2. The van der Waals surface area contributed by atoms with Gasteiger partial charge in [-0.2, -0.15) is 0 Å². The predicted octanol–water partition coefficient (Wildman–Crippen LogP) is 2.98. The first-order valence-electron chi connectivity index (χ1n) is 7.28. The molecule has 2 aromatic carbocycles. The maximum absolute atomic E-state index is 12.1. The number of ether oxygens (including phenoxy) is 3. The fourth-order valence-electron chi connectivity index (χ4n) is 2.27. The lowest BCUT2D eigenvalue weighted by Crippen LogP contribution is -2.09. The smallest absolute Gasteiger partial charge is 0.271 e. The van der Waals surface area contributed by atoms with Crippen LogP contribution < -0.4 is 19.5 Å². The van der Waals surface area contributed by atoms with Crippen LogP contribution in [0.5, 0.6) is 17.2 Å². The predicted molar refractivity (Wildman–Crippen MR) is 89.9 cm³/mol. The highest BCUT2D eigenvalue weighted by Gasteiger charge is 2.14. The lowest BCUT2D eigenvalue weighted by atomic mass is 10.2. The molecule has 0 unspecified atom stereocenters. The molecule has 0 aliphatic carbocycles. The number of benzene rings is 2. The summed E-state index contributed by atoms with van der Waals surface area (Å²) in [6, 6.07) is 9.26. The van der Waals surface area contributed by atoms with E-state index in [2.05, 4.69) is 5.32 Å². The minimum atomic E-state index is -0.544. The van der Waals surface area contributed by atoms with E-state index in [4.69, 9.17) is 14.2 Å². The first-order chi connectivity index (χ1) is 12.1. The molecule has 0 saturated heterocycles. The Labute approximate surface area is 142 Å². The summed E-state index contributed by atoms with van der Waals surface area (Å²) in [5.41, 5.74) is 0.832. The third-order valence-corrected chi connectivity index (χ3v) is 3.48. The summed E-state index contributed by atoms with van der Waals surface area (Å²) in [6.07, 6.45) is 2.91. The first kappa shape index (κ1) is 16.3. The molecule has 8 heteroatoms. The number of methoxy groups -OCH3 is 1. The van der Waals surface area contributed by atoms with E-state index < -0.39 is 10.8 Å².